The van der Waals surface area contributed by atoms with Crippen molar-refractivity contribution in [2.75, 3.05) is 11.9 Å². The maximum atomic E-state index is 12.5. The van der Waals surface area contributed by atoms with Crippen LogP contribution in [0.2, 0.25) is 5.02 Å². The number of carbonyl (C=O) groups is 1. The van der Waals surface area contributed by atoms with Crippen LogP contribution in [0, 0.1) is 0 Å². The number of alkyl halides is 2. The molecular weight excluding hydrogens is 410 g/mol. The first kappa shape index (κ1) is 20.2. The molecule has 0 atom stereocenters. The van der Waals surface area contributed by atoms with Crippen molar-refractivity contribution in [1.82, 2.24) is 4.98 Å². The lowest BCUT2D eigenvalue weighted by Gasteiger charge is -2.08. The third-order valence-electron chi connectivity index (χ3n) is 3.58. The van der Waals surface area contributed by atoms with Gasteiger partial charge in [0.05, 0.1) is 12.3 Å². The fourth-order valence-electron chi connectivity index (χ4n) is 2.36. The van der Waals surface area contributed by atoms with Crippen LogP contribution >= 0.6 is 22.9 Å². The summed E-state index contributed by atoms with van der Waals surface area (Å²) in [6.45, 7) is -2.91. The molecule has 1 N–H and O–H groups in total. The molecule has 0 aliphatic carbocycles. The maximum Gasteiger partial charge on any atom is 0.387 e. The third kappa shape index (κ3) is 5.48. The highest BCUT2D eigenvalue weighted by molar-refractivity contribution is 7.14. The Kier molecular flexibility index (Phi) is 6.91. The highest BCUT2D eigenvalue weighted by atomic mass is 35.5. The highest BCUT2D eigenvalue weighted by Gasteiger charge is 2.14. The van der Waals surface area contributed by atoms with E-state index in [1.807, 2.05) is 18.2 Å². The zero-order chi connectivity index (χ0) is 19.9. The predicted molar refractivity (Wildman–Crippen MR) is 104 cm³/mol. The zero-order valence-electron chi connectivity index (χ0n) is 14.4. The summed E-state index contributed by atoms with van der Waals surface area (Å²) in [4.78, 5) is 16.3. The molecule has 0 unspecified atom stereocenters. The number of nitrogens with one attached hydrogen (secondary N) is 1. The standard InChI is InChI=1S/C19H15ClF2N2O3S/c20-14-7-3-1-5-12(14)9-26-10-17(25)24-19-23-15(11-28-19)13-6-2-4-8-16(13)27-18(21)22/h1-8,11,18H,9-10H2,(H,23,24,25). The van der Waals surface area contributed by atoms with E-state index in [0.29, 0.717) is 21.4 Å². The molecule has 0 fully saturated rings. The van der Waals surface area contributed by atoms with Gasteiger partial charge in [-0.05, 0) is 23.8 Å². The van der Waals surface area contributed by atoms with Crippen LogP contribution in [0.15, 0.2) is 53.9 Å². The van der Waals surface area contributed by atoms with Crippen LogP contribution in [0.1, 0.15) is 5.56 Å². The Labute approximate surface area is 168 Å². The highest BCUT2D eigenvalue weighted by Crippen LogP contribution is 2.33. The van der Waals surface area contributed by atoms with Gasteiger partial charge in [-0.15, -0.1) is 11.3 Å². The Hall–Kier alpha value is -2.55. The molecule has 3 aromatic rings. The lowest BCUT2D eigenvalue weighted by Crippen LogP contribution is -2.18. The molecule has 0 radical (unpaired) electrons. The Morgan fingerprint density at radius 3 is 2.71 bits per heavy atom. The van der Waals surface area contributed by atoms with Gasteiger partial charge < -0.3 is 9.47 Å². The average Bonchev–Trinajstić information content (AvgIpc) is 3.11. The number of rotatable bonds is 8. The number of hydrogen-bond donors (Lipinski definition) is 1. The van der Waals surface area contributed by atoms with E-state index in [-0.39, 0.29) is 24.9 Å². The summed E-state index contributed by atoms with van der Waals surface area (Å²) in [6.07, 6.45) is 0. The zero-order valence-corrected chi connectivity index (χ0v) is 16.0. The molecule has 0 saturated carbocycles. The Balaban J connectivity index is 1.57. The summed E-state index contributed by atoms with van der Waals surface area (Å²) in [5.74, 6) is -0.367. The number of thiazole rings is 1. The van der Waals surface area contributed by atoms with Crippen molar-refractivity contribution in [3.63, 3.8) is 0 Å². The van der Waals surface area contributed by atoms with Gasteiger partial charge in [0.15, 0.2) is 5.13 Å². The van der Waals surface area contributed by atoms with Crippen molar-refractivity contribution in [2.45, 2.75) is 13.2 Å². The molecule has 3 rings (SSSR count). The number of para-hydroxylation sites is 1. The molecule has 0 spiro atoms. The molecule has 0 aliphatic heterocycles. The average molecular weight is 425 g/mol. The second-order valence-corrected chi connectivity index (χ2v) is 6.81. The molecule has 1 amide bonds. The third-order valence-corrected chi connectivity index (χ3v) is 4.70. The monoisotopic (exact) mass is 424 g/mol. The molecule has 0 bridgehead atoms. The lowest BCUT2D eigenvalue weighted by atomic mass is 10.1. The van der Waals surface area contributed by atoms with Crippen molar-refractivity contribution >= 4 is 34.0 Å². The maximum absolute atomic E-state index is 12.5. The summed E-state index contributed by atoms with van der Waals surface area (Å²) >= 11 is 7.20. The fourth-order valence-corrected chi connectivity index (χ4v) is 3.27. The van der Waals surface area contributed by atoms with Gasteiger partial charge in [-0.3, -0.25) is 10.1 Å². The number of hydrogen-bond acceptors (Lipinski definition) is 5. The van der Waals surface area contributed by atoms with E-state index < -0.39 is 6.61 Å². The molecule has 5 nitrogen and oxygen atoms in total. The van der Waals surface area contributed by atoms with Crippen molar-refractivity contribution in [3.8, 4) is 17.0 Å². The van der Waals surface area contributed by atoms with Gasteiger partial charge in [-0.25, -0.2) is 4.98 Å². The first-order valence-corrected chi connectivity index (χ1v) is 9.39. The summed E-state index contributed by atoms with van der Waals surface area (Å²) < 4.78 is 35.0. The van der Waals surface area contributed by atoms with Crippen LogP contribution in [-0.4, -0.2) is 24.1 Å². The molecule has 1 heterocycles. The number of nitrogens with zero attached hydrogens (tertiary/aromatic N) is 1. The van der Waals surface area contributed by atoms with E-state index >= 15 is 0 Å². The number of ether oxygens (including phenoxy) is 2. The summed E-state index contributed by atoms with van der Waals surface area (Å²) in [6, 6.07) is 13.5. The van der Waals surface area contributed by atoms with Gasteiger partial charge in [-0.2, -0.15) is 8.78 Å². The van der Waals surface area contributed by atoms with E-state index in [1.165, 1.54) is 17.4 Å². The van der Waals surface area contributed by atoms with Gasteiger partial charge in [0.2, 0.25) is 0 Å². The van der Waals surface area contributed by atoms with Crippen LogP contribution in [0.5, 0.6) is 5.75 Å². The van der Waals surface area contributed by atoms with Gasteiger partial charge in [-0.1, -0.05) is 41.9 Å². The minimum absolute atomic E-state index is 0.0174. The summed E-state index contributed by atoms with van der Waals surface area (Å²) in [5, 5.41) is 5.16. The van der Waals surface area contributed by atoms with E-state index in [2.05, 4.69) is 15.0 Å². The molecular formula is C19H15ClF2N2O3S. The Morgan fingerprint density at radius 1 is 1.18 bits per heavy atom. The van der Waals surface area contributed by atoms with Crippen LogP contribution in [0.3, 0.4) is 0 Å². The normalized spacial score (nSPS) is 10.9. The molecule has 9 heteroatoms. The molecule has 28 heavy (non-hydrogen) atoms. The first-order chi connectivity index (χ1) is 13.5. The van der Waals surface area contributed by atoms with E-state index in [9.17, 15) is 13.6 Å². The first-order valence-electron chi connectivity index (χ1n) is 8.13. The second kappa shape index (κ2) is 9.59. The lowest BCUT2D eigenvalue weighted by molar-refractivity contribution is -0.121. The van der Waals surface area contributed by atoms with E-state index in [1.54, 1.807) is 29.6 Å². The topological polar surface area (TPSA) is 60.5 Å². The molecule has 0 aliphatic rings. The quantitative estimate of drug-likeness (QED) is 0.538. The van der Waals surface area contributed by atoms with Crippen LogP contribution in [-0.2, 0) is 16.1 Å². The largest absolute Gasteiger partial charge is 0.434 e. The van der Waals surface area contributed by atoms with E-state index in [0.717, 1.165) is 5.56 Å². The van der Waals surface area contributed by atoms with Crippen LogP contribution < -0.4 is 10.1 Å². The fraction of sp³-hybridized carbons (Fsp3) is 0.158. The molecule has 1 aromatic heterocycles. The van der Waals surface area contributed by atoms with Gasteiger partial charge >= 0.3 is 6.61 Å². The Bertz CT molecular complexity index is 952. The van der Waals surface area contributed by atoms with Crippen molar-refractivity contribution in [2.24, 2.45) is 0 Å². The number of halogens is 3. The minimum atomic E-state index is -2.94. The van der Waals surface area contributed by atoms with Gasteiger partial charge in [0.25, 0.3) is 5.91 Å². The molecule has 2 aromatic carbocycles. The minimum Gasteiger partial charge on any atom is -0.434 e. The van der Waals surface area contributed by atoms with Gasteiger partial charge in [0.1, 0.15) is 12.4 Å². The van der Waals surface area contributed by atoms with Crippen LogP contribution in [0.4, 0.5) is 13.9 Å². The smallest absolute Gasteiger partial charge is 0.387 e. The predicted octanol–water partition coefficient (Wildman–Crippen LogP) is 5.22. The SMILES string of the molecule is O=C(COCc1ccccc1Cl)Nc1nc(-c2ccccc2OC(F)F)cs1. The number of benzene rings is 2. The second-order valence-electron chi connectivity index (χ2n) is 5.54. The van der Waals surface area contributed by atoms with Crippen molar-refractivity contribution < 1.29 is 23.0 Å². The van der Waals surface area contributed by atoms with Gasteiger partial charge in [0, 0.05) is 16.0 Å². The van der Waals surface area contributed by atoms with Crippen molar-refractivity contribution in [1.29, 1.82) is 0 Å². The van der Waals surface area contributed by atoms with Crippen molar-refractivity contribution in [3.05, 3.63) is 64.5 Å². The summed E-state index contributed by atoms with van der Waals surface area (Å²) in [5.41, 5.74) is 1.62. The van der Waals surface area contributed by atoms with Crippen LogP contribution in [0.25, 0.3) is 11.3 Å². The number of amides is 1. The number of anilines is 1. The van der Waals surface area contributed by atoms with E-state index in [4.69, 9.17) is 16.3 Å². The summed E-state index contributed by atoms with van der Waals surface area (Å²) in [7, 11) is 0. The number of carbonyl (C=O) groups excluding carboxylic acids is 1. The number of aromatic nitrogens is 1. The Morgan fingerprint density at radius 2 is 1.93 bits per heavy atom. The molecule has 146 valence electrons. The molecule has 0 saturated heterocycles.